The lowest BCUT2D eigenvalue weighted by atomic mass is 10.1. The van der Waals surface area contributed by atoms with Crippen molar-refractivity contribution < 1.29 is 4.79 Å². The number of rotatable bonds is 4. The first-order valence-electron chi connectivity index (χ1n) is 6.84. The van der Waals surface area contributed by atoms with E-state index in [-0.39, 0.29) is 29.7 Å². The zero-order valence-corrected chi connectivity index (χ0v) is 12.4. The van der Waals surface area contributed by atoms with Crippen LogP contribution in [0, 0.1) is 12.3 Å². The fraction of sp³-hybridized carbons (Fsp3) is 0.500. The zero-order chi connectivity index (χ0) is 15.2. The zero-order valence-electron chi connectivity index (χ0n) is 11.6. The molecule has 1 aliphatic rings. The van der Waals surface area contributed by atoms with Crippen molar-refractivity contribution in [1.82, 2.24) is 14.7 Å². The van der Waals surface area contributed by atoms with Crippen molar-refractivity contribution in [1.29, 1.82) is 0 Å². The molecule has 0 saturated carbocycles. The summed E-state index contributed by atoms with van der Waals surface area (Å²) in [7, 11) is 0. The third-order valence-electron chi connectivity index (χ3n) is 3.36. The van der Waals surface area contributed by atoms with Crippen molar-refractivity contribution in [3.8, 4) is 12.3 Å². The Kier molecular flexibility index (Phi) is 5.23. The summed E-state index contributed by atoms with van der Waals surface area (Å²) >= 11 is 5.96. The van der Waals surface area contributed by atoms with Crippen molar-refractivity contribution in [2.45, 2.75) is 25.8 Å². The van der Waals surface area contributed by atoms with Crippen LogP contribution >= 0.6 is 11.6 Å². The smallest absolute Gasteiger partial charge is 0.292 e. The molecule has 0 atom stereocenters. The van der Waals surface area contributed by atoms with Gasteiger partial charge < -0.3 is 10.2 Å². The van der Waals surface area contributed by atoms with E-state index in [4.69, 9.17) is 18.0 Å². The molecular formula is C14H17ClN4O2. The third kappa shape index (κ3) is 3.76. The predicted octanol–water partition coefficient (Wildman–Crippen LogP) is 0.954. The molecule has 2 heterocycles. The lowest BCUT2D eigenvalue weighted by molar-refractivity contribution is -0.130. The maximum atomic E-state index is 12.1. The van der Waals surface area contributed by atoms with E-state index in [2.05, 4.69) is 16.3 Å². The minimum Gasteiger partial charge on any atom is -0.370 e. The summed E-state index contributed by atoms with van der Waals surface area (Å²) in [5.41, 5.74) is -0.265. The molecule has 112 valence electrons. The largest absolute Gasteiger partial charge is 0.370 e. The maximum absolute atomic E-state index is 12.1. The summed E-state index contributed by atoms with van der Waals surface area (Å²) < 4.78 is 1.12. The van der Waals surface area contributed by atoms with Gasteiger partial charge in [0, 0.05) is 13.1 Å². The van der Waals surface area contributed by atoms with Gasteiger partial charge >= 0.3 is 0 Å². The number of likely N-dealkylation sites (tertiary alicyclic amines) is 1. The monoisotopic (exact) mass is 308 g/mol. The van der Waals surface area contributed by atoms with E-state index in [9.17, 15) is 9.59 Å². The molecule has 1 saturated heterocycles. The van der Waals surface area contributed by atoms with Gasteiger partial charge in [-0.15, -0.1) is 6.42 Å². The van der Waals surface area contributed by atoms with Crippen LogP contribution in [-0.2, 0) is 11.3 Å². The molecule has 0 aliphatic carbocycles. The Balaban J connectivity index is 2.05. The summed E-state index contributed by atoms with van der Waals surface area (Å²) in [5.74, 6) is 2.31. The topological polar surface area (TPSA) is 67.2 Å². The van der Waals surface area contributed by atoms with Gasteiger partial charge in [-0.1, -0.05) is 17.5 Å². The Morgan fingerprint density at radius 3 is 2.81 bits per heavy atom. The van der Waals surface area contributed by atoms with E-state index in [1.54, 1.807) is 4.90 Å². The molecule has 6 nitrogen and oxygen atoms in total. The van der Waals surface area contributed by atoms with Crippen molar-refractivity contribution in [2.75, 3.05) is 25.0 Å². The normalized spacial score (nSPS) is 14.6. The van der Waals surface area contributed by atoms with Gasteiger partial charge in [0.15, 0.2) is 0 Å². The third-order valence-corrected chi connectivity index (χ3v) is 3.65. The molecule has 0 aromatic carbocycles. The number of halogens is 1. The summed E-state index contributed by atoms with van der Waals surface area (Å²) in [6.07, 6.45) is 9.72. The number of terminal acetylenes is 1. The van der Waals surface area contributed by atoms with Crippen LogP contribution in [0.1, 0.15) is 19.3 Å². The lowest BCUT2D eigenvalue weighted by Gasteiger charge is -2.26. The molecule has 21 heavy (non-hydrogen) atoms. The van der Waals surface area contributed by atoms with Crippen LogP contribution in [0.2, 0.25) is 5.02 Å². The van der Waals surface area contributed by atoms with E-state index >= 15 is 0 Å². The SMILES string of the molecule is C#CCn1ncc(Cl)c(NCC(=O)N2CCCCC2)c1=O. The molecule has 7 heteroatoms. The van der Waals surface area contributed by atoms with E-state index in [0.29, 0.717) is 0 Å². The Morgan fingerprint density at radius 2 is 2.14 bits per heavy atom. The van der Waals surface area contributed by atoms with Gasteiger partial charge in [-0.3, -0.25) is 9.59 Å². The van der Waals surface area contributed by atoms with Crippen LogP contribution < -0.4 is 10.9 Å². The molecular weight excluding hydrogens is 292 g/mol. The lowest BCUT2D eigenvalue weighted by Crippen LogP contribution is -2.40. The van der Waals surface area contributed by atoms with E-state index in [0.717, 1.165) is 37.0 Å². The van der Waals surface area contributed by atoms with Crippen LogP contribution in [0.5, 0.6) is 0 Å². The van der Waals surface area contributed by atoms with Gasteiger partial charge in [0.05, 0.1) is 17.8 Å². The highest BCUT2D eigenvalue weighted by Gasteiger charge is 2.17. The first kappa shape index (κ1) is 15.4. The molecule has 1 aromatic rings. The number of aromatic nitrogens is 2. The quantitative estimate of drug-likeness (QED) is 0.841. The van der Waals surface area contributed by atoms with Crippen molar-refractivity contribution in [2.24, 2.45) is 0 Å². The molecule has 1 aliphatic heterocycles. The molecule has 1 N–H and O–H groups in total. The summed E-state index contributed by atoms with van der Waals surface area (Å²) in [4.78, 5) is 26.0. The fourth-order valence-corrected chi connectivity index (χ4v) is 2.44. The Labute approximate surface area is 128 Å². The Morgan fingerprint density at radius 1 is 1.43 bits per heavy atom. The highest BCUT2D eigenvalue weighted by Crippen LogP contribution is 2.15. The summed E-state index contributed by atoms with van der Waals surface area (Å²) in [5, 5.41) is 6.83. The molecule has 2 rings (SSSR count). The minimum absolute atomic E-state index is 0.0366. The minimum atomic E-state index is -0.424. The molecule has 1 aromatic heterocycles. The van der Waals surface area contributed by atoms with E-state index < -0.39 is 5.56 Å². The van der Waals surface area contributed by atoms with E-state index in [1.807, 2.05) is 0 Å². The fourth-order valence-electron chi connectivity index (χ4n) is 2.25. The maximum Gasteiger partial charge on any atom is 0.292 e. The van der Waals surface area contributed by atoms with Crippen LogP contribution in [0.4, 0.5) is 5.69 Å². The highest BCUT2D eigenvalue weighted by atomic mass is 35.5. The summed E-state index contributed by atoms with van der Waals surface area (Å²) in [6, 6.07) is 0. The number of anilines is 1. The second-order valence-electron chi connectivity index (χ2n) is 4.83. The number of hydrogen-bond acceptors (Lipinski definition) is 4. The van der Waals surface area contributed by atoms with E-state index in [1.165, 1.54) is 6.20 Å². The van der Waals surface area contributed by atoms with Crippen LogP contribution in [0.15, 0.2) is 11.0 Å². The van der Waals surface area contributed by atoms with Crippen LogP contribution in [0.3, 0.4) is 0 Å². The van der Waals surface area contributed by atoms with Gasteiger partial charge in [0.25, 0.3) is 5.56 Å². The first-order chi connectivity index (χ1) is 10.1. The van der Waals surface area contributed by atoms with Gasteiger partial charge in [-0.2, -0.15) is 5.10 Å². The molecule has 0 bridgehead atoms. The molecule has 0 unspecified atom stereocenters. The van der Waals surface area contributed by atoms with Gasteiger partial charge in [0.1, 0.15) is 12.2 Å². The van der Waals surface area contributed by atoms with Crippen molar-refractivity contribution in [3.05, 3.63) is 21.6 Å². The van der Waals surface area contributed by atoms with Gasteiger partial charge in [-0.25, -0.2) is 4.68 Å². The van der Waals surface area contributed by atoms with Crippen molar-refractivity contribution >= 4 is 23.2 Å². The second-order valence-corrected chi connectivity index (χ2v) is 5.24. The number of piperidine rings is 1. The molecule has 0 spiro atoms. The number of carbonyl (C=O) groups is 1. The Hall–Kier alpha value is -2.00. The van der Waals surface area contributed by atoms with Crippen LogP contribution in [-0.4, -0.2) is 40.2 Å². The molecule has 1 fully saturated rings. The number of hydrogen-bond donors (Lipinski definition) is 1. The van der Waals surface area contributed by atoms with Gasteiger partial charge in [-0.05, 0) is 19.3 Å². The standard InChI is InChI=1S/C14H17ClN4O2/c1-2-6-19-14(21)13(11(15)9-17-19)16-10-12(20)18-7-4-3-5-8-18/h1,9,16H,3-8,10H2. The molecule has 0 radical (unpaired) electrons. The average Bonchev–Trinajstić information content (AvgIpc) is 2.51. The Bertz CT molecular complexity index is 614. The van der Waals surface area contributed by atoms with Crippen molar-refractivity contribution in [3.63, 3.8) is 0 Å². The average molecular weight is 309 g/mol. The first-order valence-corrected chi connectivity index (χ1v) is 7.22. The second kappa shape index (κ2) is 7.14. The number of amides is 1. The van der Waals surface area contributed by atoms with Crippen LogP contribution in [0.25, 0.3) is 0 Å². The number of nitrogens with zero attached hydrogens (tertiary/aromatic N) is 3. The number of carbonyl (C=O) groups excluding carboxylic acids is 1. The predicted molar refractivity (Wildman–Crippen MR) is 81.3 cm³/mol. The van der Waals surface area contributed by atoms with Gasteiger partial charge in [0.2, 0.25) is 5.91 Å². The summed E-state index contributed by atoms with van der Waals surface area (Å²) in [6.45, 7) is 1.64. The number of nitrogens with one attached hydrogen (secondary N) is 1. The molecule has 1 amide bonds. The highest BCUT2D eigenvalue weighted by molar-refractivity contribution is 6.33.